The molecule has 1 N–H and O–H groups in total. The molecule has 3 rings (SSSR count). The average molecular weight is 335 g/mol. The number of carbonyl (C=O) groups is 1. The number of hydrogen-bond donors (Lipinski definition) is 1. The van der Waals surface area contributed by atoms with E-state index in [2.05, 4.69) is 0 Å². The van der Waals surface area contributed by atoms with Crippen LogP contribution >= 0.6 is 0 Å². The second-order valence-electron chi connectivity index (χ2n) is 5.89. The Morgan fingerprint density at radius 2 is 1.64 bits per heavy atom. The van der Waals surface area contributed by atoms with Crippen LogP contribution in [0.15, 0.2) is 72.8 Å². The SMILES string of the molecule is CN(C(=O)c1cccc(Cc2cccc(O)c2)c1)c1cccc(F)c1. The topological polar surface area (TPSA) is 40.5 Å². The molecule has 25 heavy (non-hydrogen) atoms. The summed E-state index contributed by atoms with van der Waals surface area (Å²) in [5, 5.41) is 9.56. The first kappa shape index (κ1) is 16.7. The Labute approximate surface area is 146 Å². The number of aromatic hydroxyl groups is 1. The van der Waals surface area contributed by atoms with Gasteiger partial charge in [0.1, 0.15) is 11.6 Å². The number of rotatable bonds is 4. The van der Waals surface area contributed by atoms with E-state index in [0.717, 1.165) is 11.1 Å². The van der Waals surface area contributed by atoms with Gasteiger partial charge < -0.3 is 10.0 Å². The van der Waals surface area contributed by atoms with E-state index in [1.54, 1.807) is 43.4 Å². The predicted molar refractivity (Wildman–Crippen MR) is 96.5 cm³/mol. The summed E-state index contributed by atoms with van der Waals surface area (Å²) in [5.74, 6) is -0.367. The molecule has 1 amide bonds. The zero-order valence-electron chi connectivity index (χ0n) is 13.8. The summed E-state index contributed by atoms with van der Waals surface area (Å²) in [6, 6.07) is 20.3. The minimum absolute atomic E-state index is 0.205. The van der Waals surface area contributed by atoms with Crippen LogP contribution in [0.25, 0.3) is 0 Å². The summed E-state index contributed by atoms with van der Waals surface area (Å²) in [6.07, 6.45) is 0.610. The van der Waals surface area contributed by atoms with Gasteiger partial charge in [-0.15, -0.1) is 0 Å². The van der Waals surface area contributed by atoms with E-state index in [4.69, 9.17) is 0 Å². The highest BCUT2D eigenvalue weighted by Crippen LogP contribution is 2.19. The molecule has 0 bridgehead atoms. The standard InChI is InChI=1S/C21H18FNO2/c1-23(19-9-4-8-18(22)14-19)21(25)17-7-2-5-15(12-17)11-16-6-3-10-20(24)13-16/h2-10,12-14,24H,11H2,1H3. The number of carbonyl (C=O) groups excluding carboxylic acids is 1. The van der Waals surface area contributed by atoms with Gasteiger partial charge in [-0.2, -0.15) is 0 Å². The lowest BCUT2D eigenvalue weighted by Gasteiger charge is -2.18. The molecule has 3 nitrogen and oxygen atoms in total. The number of phenolic OH excluding ortho intramolecular Hbond substituents is 1. The van der Waals surface area contributed by atoms with Crippen LogP contribution in [0.5, 0.6) is 5.75 Å². The molecule has 0 saturated carbocycles. The van der Waals surface area contributed by atoms with E-state index < -0.39 is 0 Å². The van der Waals surface area contributed by atoms with Crippen molar-refractivity contribution in [1.29, 1.82) is 0 Å². The molecule has 0 atom stereocenters. The van der Waals surface area contributed by atoms with Gasteiger partial charge in [0.2, 0.25) is 0 Å². The smallest absolute Gasteiger partial charge is 0.258 e. The fraction of sp³-hybridized carbons (Fsp3) is 0.0952. The molecule has 0 heterocycles. The van der Waals surface area contributed by atoms with E-state index >= 15 is 0 Å². The highest BCUT2D eigenvalue weighted by molar-refractivity contribution is 6.05. The van der Waals surface area contributed by atoms with Gasteiger partial charge in [0.05, 0.1) is 0 Å². The zero-order chi connectivity index (χ0) is 17.8. The Balaban J connectivity index is 1.82. The molecular formula is C21H18FNO2. The van der Waals surface area contributed by atoms with Gasteiger partial charge in [0.25, 0.3) is 5.91 Å². The molecule has 126 valence electrons. The maximum absolute atomic E-state index is 13.4. The van der Waals surface area contributed by atoms with Gasteiger partial charge >= 0.3 is 0 Å². The second kappa shape index (κ2) is 7.18. The largest absolute Gasteiger partial charge is 0.508 e. The van der Waals surface area contributed by atoms with Crippen molar-refractivity contribution in [1.82, 2.24) is 0 Å². The molecule has 0 aliphatic carbocycles. The first-order valence-corrected chi connectivity index (χ1v) is 7.93. The molecule has 4 heteroatoms. The van der Waals surface area contributed by atoms with Crippen molar-refractivity contribution >= 4 is 11.6 Å². The molecule has 0 unspecified atom stereocenters. The number of nitrogens with zero attached hydrogens (tertiary/aromatic N) is 1. The van der Waals surface area contributed by atoms with Crippen LogP contribution in [0.4, 0.5) is 10.1 Å². The molecular weight excluding hydrogens is 317 g/mol. The fourth-order valence-corrected chi connectivity index (χ4v) is 2.71. The van der Waals surface area contributed by atoms with Gasteiger partial charge in [-0.05, 0) is 60.0 Å². The van der Waals surface area contributed by atoms with Crippen molar-refractivity contribution in [2.45, 2.75) is 6.42 Å². The van der Waals surface area contributed by atoms with Crippen LogP contribution in [0.1, 0.15) is 21.5 Å². The van der Waals surface area contributed by atoms with E-state index in [9.17, 15) is 14.3 Å². The maximum Gasteiger partial charge on any atom is 0.258 e. The Morgan fingerprint density at radius 3 is 2.36 bits per heavy atom. The van der Waals surface area contributed by atoms with Crippen molar-refractivity contribution in [3.05, 3.63) is 95.3 Å². The van der Waals surface area contributed by atoms with Crippen LogP contribution in [0, 0.1) is 5.82 Å². The normalized spacial score (nSPS) is 10.5. The van der Waals surface area contributed by atoms with E-state index in [-0.39, 0.29) is 17.5 Å². The van der Waals surface area contributed by atoms with Crippen molar-refractivity contribution in [3.63, 3.8) is 0 Å². The number of phenols is 1. The Kier molecular flexibility index (Phi) is 4.80. The van der Waals surface area contributed by atoms with Crippen LogP contribution in [-0.4, -0.2) is 18.1 Å². The fourth-order valence-electron chi connectivity index (χ4n) is 2.71. The summed E-state index contributed by atoms with van der Waals surface area (Å²) in [7, 11) is 1.62. The van der Waals surface area contributed by atoms with Gasteiger partial charge in [0, 0.05) is 18.3 Å². The Bertz CT molecular complexity index is 908. The van der Waals surface area contributed by atoms with Crippen molar-refractivity contribution < 1.29 is 14.3 Å². The first-order chi connectivity index (χ1) is 12.0. The van der Waals surface area contributed by atoms with Gasteiger partial charge in [-0.1, -0.05) is 30.3 Å². The number of hydrogen-bond acceptors (Lipinski definition) is 2. The van der Waals surface area contributed by atoms with Gasteiger partial charge in [-0.25, -0.2) is 4.39 Å². The van der Waals surface area contributed by atoms with Crippen LogP contribution < -0.4 is 4.90 Å². The number of amides is 1. The third-order valence-corrected chi connectivity index (χ3v) is 3.99. The summed E-state index contributed by atoms with van der Waals surface area (Å²) < 4.78 is 13.4. The maximum atomic E-state index is 13.4. The highest BCUT2D eigenvalue weighted by atomic mass is 19.1. The number of halogens is 1. The lowest BCUT2D eigenvalue weighted by molar-refractivity contribution is 0.0993. The van der Waals surface area contributed by atoms with Crippen LogP contribution in [-0.2, 0) is 6.42 Å². The zero-order valence-corrected chi connectivity index (χ0v) is 13.8. The van der Waals surface area contributed by atoms with Crippen molar-refractivity contribution in [2.24, 2.45) is 0 Å². The summed E-state index contributed by atoms with van der Waals surface area (Å²) in [5.41, 5.74) is 2.96. The average Bonchev–Trinajstić information content (AvgIpc) is 2.61. The molecule has 0 aliphatic rings. The van der Waals surface area contributed by atoms with Gasteiger partial charge in [0.15, 0.2) is 0 Å². The quantitative estimate of drug-likeness (QED) is 0.768. The van der Waals surface area contributed by atoms with Crippen LogP contribution in [0.3, 0.4) is 0 Å². The van der Waals surface area contributed by atoms with E-state index in [0.29, 0.717) is 17.7 Å². The Morgan fingerprint density at radius 1 is 0.960 bits per heavy atom. The second-order valence-corrected chi connectivity index (χ2v) is 5.89. The monoisotopic (exact) mass is 335 g/mol. The minimum atomic E-state index is -0.380. The van der Waals surface area contributed by atoms with Crippen molar-refractivity contribution in [3.8, 4) is 5.75 Å². The molecule has 0 aliphatic heterocycles. The summed E-state index contributed by atoms with van der Waals surface area (Å²) in [6.45, 7) is 0. The van der Waals surface area contributed by atoms with E-state index in [1.165, 1.54) is 17.0 Å². The molecule has 0 saturated heterocycles. The predicted octanol–water partition coefficient (Wildman–Crippen LogP) is 4.40. The molecule has 0 spiro atoms. The molecule has 0 aromatic heterocycles. The summed E-state index contributed by atoms with van der Waals surface area (Å²) >= 11 is 0. The van der Waals surface area contributed by atoms with Crippen molar-refractivity contribution in [2.75, 3.05) is 11.9 Å². The molecule has 3 aromatic rings. The lowest BCUT2D eigenvalue weighted by atomic mass is 10.0. The third kappa shape index (κ3) is 4.04. The highest BCUT2D eigenvalue weighted by Gasteiger charge is 2.14. The first-order valence-electron chi connectivity index (χ1n) is 7.93. The lowest BCUT2D eigenvalue weighted by Crippen LogP contribution is -2.26. The molecule has 3 aromatic carbocycles. The summed E-state index contributed by atoms with van der Waals surface area (Å²) in [4.78, 5) is 14.1. The Hall–Kier alpha value is -3.14. The van der Waals surface area contributed by atoms with Gasteiger partial charge in [-0.3, -0.25) is 4.79 Å². The third-order valence-electron chi connectivity index (χ3n) is 3.99. The molecule has 0 radical (unpaired) electrons. The number of benzene rings is 3. The van der Waals surface area contributed by atoms with E-state index in [1.807, 2.05) is 24.3 Å². The minimum Gasteiger partial charge on any atom is -0.508 e. The molecule has 0 fully saturated rings. The number of anilines is 1. The van der Waals surface area contributed by atoms with Crippen LogP contribution in [0.2, 0.25) is 0 Å².